The van der Waals surface area contributed by atoms with E-state index in [0.717, 1.165) is 6.07 Å². The van der Waals surface area contributed by atoms with Crippen LogP contribution in [0.5, 0.6) is 0 Å². The lowest BCUT2D eigenvalue weighted by Gasteiger charge is -2.23. The Labute approximate surface area is 141 Å². The van der Waals surface area contributed by atoms with Gasteiger partial charge in [-0.3, -0.25) is 20.2 Å². The monoisotopic (exact) mass is 366 g/mol. The zero-order valence-electron chi connectivity index (χ0n) is 11.2. The van der Waals surface area contributed by atoms with Crippen LogP contribution >= 0.6 is 35.4 Å². The van der Waals surface area contributed by atoms with Crippen molar-refractivity contribution in [3.05, 3.63) is 37.9 Å². The first-order valence-corrected chi connectivity index (χ1v) is 7.44. The molecule has 0 unspecified atom stereocenters. The minimum atomic E-state index is -0.765. The SMILES string of the molecule is NC(=S)c1cc(N(CCCl)CCCl)c([N+](=O)[O-])cc1[N+](=O)[O-]. The molecule has 0 aliphatic rings. The number of nitrogens with zero attached hydrogens (tertiary/aromatic N) is 3. The fraction of sp³-hybridized carbons (Fsp3) is 0.364. The first-order chi connectivity index (χ1) is 10.3. The summed E-state index contributed by atoms with van der Waals surface area (Å²) in [6, 6.07) is 2.08. The molecule has 120 valence electrons. The summed E-state index contributed by atoms with van der Waals surface area (Å²) < 4.78 is 0. The Bertz CT molecular complexity index is 608. The van der Waals surface area contributed by atoms with Crippen molar-refractivity contribution in [2.75, 3.05) is 29.7 Å². The summed E-state index contributed by atoms with van der Waals surface area (Å²) in [6.45, 7) is 0.563. The molecule has 0 atom stereocenters. The average molecular weight is 367 g/mol. The number of hydrogen-bond donors (Lipinski definition) is 1. The number of nitrogens with two attached hydrogens (primary N) is 1. The van der Waals surface area contributed by atoms with Gasteiger partial charge in [-0.2, -0.15) is 0 Å². The Morgan fingerprint density at radius 1 is 1.14 bits per heavy atom. The smallest absolute Gasteiger partial charge is 0.299 e. The molecular formula is C11H12Cl2N4O4S. The largest absolute Gasteiger partial charge is 0.389 e. The van der Waals surface area contributed by atoms with E-state index in [1.54, 1.807) is 4.90 Å². The minimum absolute atomic E-state index is 0.0465. The third-order valence-corrected chi connectivity index (χ3v) is 3.36. The van der Waals surface area contributed by atoms with Gasteiger partial charge in [0.15, 0.2) is 0 Å². The van der Waals surface area contributed by atoms with Gasteiger partial charge in [0, 0.05) is 24.8 Å². The molecule has 1 aromatic carbocycles. The van der Waals surface area contributed by atoms with Gasteiger partial charge in [-0.1, -0.05) is 12.2 Å². The van der Waals surface area contributed by atoms with E-state index < -0.39 is 21.2 Å². The van der Waals surface area contributed by atoms with Crippen LogP contribution in [0.3, 0.4) is 0 Å². The zero-order chi connectivity index (χ0) is 16.9. The molecule has 0 heterocycles. The van der Waals surface area contributed by atoms with Gasteiger partial charge in [0.2, 0.25) is 0 Å². The standard InChI is InChI=1S/C11H12Cl2N4O4S/c12-1-3-15(4-2-13)9-5-7(11(14)22)8(16(18)19)6-10(9)17(20)21/h5-6H,1-4H2,(H2,14,22). The van der Waals surface area contributed by atoms with E-state index in [2.05, 4.69) is 0 Å². The van der Waals surface area contributed by atoms with Crippen molar-refractivity contribution in [3.63, 3.8) is 0 Å². The van der Waals surface area contributed by atoms with Crippen LogP contribution in [0.15, 0.2) is 12.1 Å². The lowest BCUT2D eigenvalue weighted by Crippen LogP contribution is -2.29. The van der Waals surface area contributed by atoms with Crippen LogP contribution in [0.25, 0.3) is 0 Å². The molecule has 0 spiro atoms. The third kappa shape index (κ3) is 4.15. The molecule has 0 amide bonds. The van der Waals surface area contributed by atoms with Crippen LogP contribution in [-0.2, 0) is 0 Å². The number of nitro benzene ring substituents is 2. The first-order valence-electron chi connectivity index (χ1n) is 5.97. The first kappa shape index (κ1) is 18.3. The number of rotatable bonds is 8. The summed E-state index contributed by atoms with van der Waals surface area (Å²) in [5, 5.41) is 22.3. The Morgan fingerprint density at radius 2 is 1.64 bits per heavy atom. The normalized spacial score (nSPS) is 10.3. The van der Waals surface area contributed by atoms with E-state index in [-0.39, 0.29) is 41.1 Å². The minimum Gasteiger partial charge on any atom is -0.389 e. The van der Waals surface area contributed by atoms with E-state index in [4.69, 9.17) is 41.2 Å². The van der Waals surface area contributed by atoms with Crippen LogP contribution < -0.4 is 10.6 Å². The van der Waals surface area contributed by atoms with Gasteiger partial charge < -0.3 is 10.6 Å². The summed E-state index contributed by atoms with van der Waals surface area (Å²) >= 11 is 16.2. The van der Waals surface area contributed by atoms with Crippen molar-refractivity contribution in [1.29, 1.82) is 0 Å². The summed E-state index contributed by atoms with van der Waals surface area (Å²) in [6.07, 6.45) is 0. The highest BCUT2D eigenvalue weighted by molar-refractivity contribution is 7.80. The molecule has 0 bridgehead atoms. The van der Waals surface area contributed by atoms with Gasteiger partial charge in [-0.05, 0) is 6.07 Å². The van der Waals surface area contributed by atoms with Crippen molar-refractivity contribution < 1.29 is 9.85 Å². The highest BCUT2D eigenvalue weighted by Crippen LogP contribution is 2.35. The Morgan fingerprint density at radius 3 is 2.00 bits per heavy atom. The molecule has 0 aromatic heterocycles. The molecule has 0 saturated heterocycles. The predicted molar refractivity (Wildman–Crippen MR) is 89.3 cm³/mol. The summed E-state index contributed by atoms with van der Waals surface area (Å²) in [5.74, 6) is 0.404. The molecule has 0 radical (unpaired) electrons. The summed E-state index contributed by atoms with van der Waals surface area (Å²) in [4.78, 5) is 22.1. The molecule has 22 heavy (non-hydrogen) atoms. The van der Waals surface area contributed by atoms with Gasteiger partial charge in [0.25, 0.3) is 11.4 Å². The summed E-state index contributed by atoms with van der Waals surface area (Å²) in [5.41, 5.74) is 4.63. The maximum absolute atomic E-state index is 11.2. The molecule has 2 N–H and O–H groups in total. The maximum Gasteiger partial charge on any atom is 0.299 e. The van der Waals surface area contributed by atoms with Crippen molar-refractivity contribution in [2.24, 2.45) is 5.73 Å². The Kier molecular flexibility index (Phi) is 6.72. The van der Waals surface area contributed by atoms with E-state index in [1.807, 2.05) is 0 Å². The molecular weight excluding hydrogens is 355 g/mol. The van der Waals surface area contributed by atoms with E-state index in [1.165, 1.54) is 6.07 Å². The Balaban J connectivity index is 3.59. The fourth-order valence-corrected chi connectivity index (χ4v) is 2.44. The average Bonchev–Trinajstić information content (AvgIpc) is 2.45. The van der Waals surface area contributed by atoms with Gasteiger partial charge in [-0.25, -0.2) is 0 Å². The fourth-order valence-electron chi connectivity index (χ4n) is 1.87. The molecule has 11 heteroatoms. The van der Waals surface area contributed by atoms with E-state index in [9.17, 15) is 20.2 Å². The number of benzene rings is 1. The Hall–Kier alpha value is -1.71. The van der Waals surface area contributed by atoms with Crippen molar-refractivity contribution >= 4 is 57.5 Å². The second-order valence-electron chi connectivity index (χ2n) is 4.10. The molecule has 0 aliphatic heterocycles. The van der Waals surface area contributed by atoms with Gasteiger partial charge in [-0.15, -0.1) is 23.2 Å². The number of halogens is 2. The third-order valence-electron chi connectivity index (χ3n) is 2.80. The maximum atomic E-state index is 11.2. The van der Waals surface area contributed by atoms with Crippen molar-refractivity contribution in [3.8, 4) is 0 Å². The molecule has 0 aliphatic carbocycles. The number of nitro groups is 2. The molecule has 8 nitrogen and oxygen atoms in total. The van der Waals surface area contributed by atoms with E-state index in [0.29, 0.717) is 0 Å². The second-order valence-corrected chi connectivity index (χ2v) is 5.30. The lowest BCUT2D eigenvalue weighted by atomic mass is 10.1. The summed E-state index contributed by atoms with van der Waals surface area (Å²) in [7, 11) is 0. The number of hydrogen-bond acceptors (Lipinski definition) is 6. The zero-order valence-corrected chi connectivity index (χ0v) is 13.5. The van der Waals surface area contributed by atoms with Gasteiger partial charge in [0.1, 0.15) is 10.7 Å². The number of anilines is 1. The topological polar surface area (TPSA) is 116 Å². The lowest BCUT2D eigenvalue weighted by molar-refractivity contribution is -0.393. The van der Waals surface area contributed by atoms with Crippen LogP contribution in [0.2, 0.25) is 0 Å². The molecule has 1 aromatic rings. The highest BCUT2D eigenvalue weighted by atomic mass is 35.5. The van der Waals surface area contributed by atoms with Crippen molar-refractivity contribution in [1.82, 2.24) is 0 Å². The molecule has 0 fully saturated rings. The highest BCUT2D eigenvalue weighted by Gasteiger charge is 2.28. The van der Waals surface area contributed by atoms with Gasteiger partial charge >= 0.3 is 0 Å². The van der Waals surface area contributed by atoms with E-state index >= 15 is 0 Å². The number of thiocarbonyl (C=S) groups is 1. The number of alkyl halides is 2. The van der Waals surface area contributed by atoms with Crippen LogP contribution in [0, 0.1) is 20.2 Å². The van der Waals surface area contributed by atoms with Crippen LogP contribution in [0.1, 0.15) is 5.56 Å². The molecule has 1 rings (SSSR count). The van der Waals surface area contributed by atoms with Gasteiger partial charge in [0.05, 0.1) is 21.5 Å². The van der Waals surface area contributed by atoms with Crippen molar-refractivity contribution in [2.45, 2.75) is 0 Å². The predicted octanol–water partition coefficient (Wildman–Crippen LogP) is 2.42. The second kappa shape index (κ2) is 8.06. The quantitative estimate of drug-likeness (QED) is 0.325. The van der Waals surface area contributed by atoms with Crippen LogP contribution in [-0.4, -0.2) is 39.7 Å². The molecule has 0 saturated carbocycles. The van der Waals surface area contributed by atoms with Crippen LogP contribution in [0.4, 0.5) is 17.1 Å².